The lowest BCUT2D eigenvalue weighted by Crippen LogP contribution is -2.41. The number of hydrogen-bond acceptors (Lipinski definition) is 4. The molecule has 1 amide bonds. The number of ketones is 1. The Balaban J connectivity index is 2.22. The molecule has 1 aliphatic rings. The number of carbonyl (C=O) groups is 2. The molecule has 92 valence electrons. The Morgan fingerprint density at radius 3 is 2.62 bits per heavy atom. The molecule has 1 atom stereocenters. The van der Waals surface area contributed by atoms with E-state index in [0.29, 0.717) is 32.5 Å². The van der Waals surface area contributed by atoms with Gasteiger partial charge in [-0.05, 0) is 6.92 Å². The molecule has 1 fully saturated rings. The van der Waals surface area contributed by atoms with Crippen LogP contribution in [-0.4, -0.2) is 56.1 Å². The zero-order chi connectivity index (χ0) is 12.0. The lowest BCUT2D eigenvalue weighted by atomic mass is 10.1. The minimum atomic E-state index is -0.0830. The van der Waals surface area contributed by atoms with Crippen LogP contribution in [0.1, 0.15) is 19.8 Å². The molecule has 0 bridgehead atoms. The number of hydrogen-bond donors (Lipinski definition) is 0. The molecule has 1 saturated heterocycles. The maximum Gasteiger partial charge on any atom is 0.248 e. The number of Topliss-reactive ketones (excluding diaryl/α,β-unsaturated/α-hetero) is 1. The average Bonchev–Trinajstić information content (AvgIpc) is 2.27. The van der Waals surface area contributed by atoms with Gasteiger partial charge in [0.15, 0.2) is 0 Å². The van der Waals surface area contributed by atoms with Gasteiger partial charge in [0.05, 0.1) is 12.7 Å². The van der Waals surface area contributed by atoms with Crippen molar-refractivity contribution in [2.24, 2.45) is 0 Å². The highest BCUT2D eigenvalue weighted by Gasteiger charge is 2.20. The summed E-state index contributed by atoms with van der Waals surface area (Å²) >= 11 is 0. The maximum absolute atomic E-state index is 11.7. The number of carbonyl (C=O) groups excluding carboxylic acids is 2. The molecule has 0 spiro atoms. The molecule has 1 heterocycles. The number of rotatable bonds is 5. The van der Waals surface area contributed by atoms with Crippen molar-refractivity contribution in [2.45, 2.75) is 25.9 Å². The number of nitrogens with zero attached hydrogens (tertiary/aromatic N) is 1. The van der Waals surface area contributed by atoms with Gasteiger partial charge in [0.2, 0.25) is 5.91 Å². The highest BCUT2D eigenvalue weighted by atomic mass is 16.5. The van der Waals surface area contributed by atoms with Crippen molar-refractivity contribution < 1.29 is 19.1 Å². The van der Waals surface area contributed by atoms with Crippen LogP contribution < -0.4 is 0 Å². The summed E-state index contributed by atoms with van der Waals surface area (Å²) in [5.41, 5.74) is 0. The predicted molar refractivity (Wildman–Crippen MR) is 58.1 cm³/mol. The SMILES string of the molecule is COCC(C)OCC(=O)N1CCC(=O)CC1. The van der Waals surface area contributed by atoms with Crippen LogP contribution >= 0.6 is 0 Å². The van der Waals surface area contributed by atoms with Gasteiger partial charge >= 0.3 is 0 Å². The first-order valence-electron chi connectivity index (χ1n) is 5.53. The Kier molecular flexibility index (Phi) is 5.42. The zero-order valence-corrected chi connectivity index (χ0v) is 9.90. The van der Waals surface area contributed by atoms with Gasteiger partial charge in [-0.1, -0.05) is 0 Å². The molecule has 0 aliphatic carbocycles. The second-order valence-corrected chi connectivity index (χ2v) is 4.00. The summed E-state index contributed by atoms with van der Waals surface area (Å²) in [4.78, 5) is 24.3. The van der Waals surface area contributed by atoms with Gasteiger partial charge < -0.3 is 14.4 Å². The first-order valence-corrected chi connectivity index (χ1v) is 5.53. The van der Waals surface area contributed by atoms with Gasteiger partial charge in [-0.2, -0.15) is 0 Å². The summed E-state index contributed by atoms with van der Waals surface area (Å²) in [5, 5.41) is 0. The van der Waals surface area contributed by atoms with E-state index < -0.39 is 0 Å². The quantitative estimate of drug-likeness (QED) is 0.677. The van der Waals surface area contributed by atoms with Crippen LogP contribution in [0.2, 0.25) is 0 Å². The fraction of sp³-hybridized carbons (Fsp3) is 0.818. The number of methoxy groups -OCH3 is 1. The lowest BCUT2D eigenvalue weighted by molar-refractivity contribution is -0.141. The Morgan fingerprint density at radius 2 is 2.06 bits per heavy atom. The van der Waals surface area contributed by atoms with Crippen molar-refractivity contribution in [3.05, 3.63) is 0 Å². The van der Waals surface area contributed by atoms with Crippen molar-refractivity contribution in [1.82, 2.24) is 4.90 Å². The highest BCUT2D eigenvalue weighted by molar-refractivity contribution is 5.83. The van der Waals surface area contributed by atoms with E-state index in [1.165, 1.54) is 0 Å². The van der Waals surface area contributed by atoms with Crippen LogP contribution in [0.15, 0.2) is 0 Å². The van der Waals surface area contributed by atoms with E-state index in [-0.39, 0.29) is 24.4 Å². The van der Waals surface area contributed by atoms with Crippen LogP contribution in [0, 0.1) is 0 Å². The van der Waals surface area contributed by atoms with E-state index in [4.69, 9.17) is 9.47 Å². The standard InChI is InChI=1S/C11H19NO4/c1-9(7-15-2)16-8-11(14)12-5-3-10(13)4-6-12/h9H,3-8H2,1-2H3. The summed E-state index contributed by atoms with van der Waals surface area (Å²) < 4.78 is 10.2. The minimum Gasteiger partial charge on any atom is -0.382 e. The van der Waals surface area contributed by atoms with Crippen LogP contribution in [0.25, 0.3) is 0 Å². The number of likely N-dealkylation sites (tertiary alicyclic amines) is 1. The molecule has 1 aliphatic heterocycles. The smallest absolute Gasteiger partial charge is 0.248 e. The molecule has 1 unspecified atom stereocenters. The van der Waals surface area contributed by atoms with Crippen molar-refractivity contribution in [1.29, 1.82) is 0 Å². The van der Waals surface area contributed by atoms with E-state index in [1.807, 2.05) is 6.92 Å². The largest absolute Gasteiger partial charge is 0.382 e. The second kappa shape index (κ2) is 6.60. The van der Waals surface area contributed by atoms with Crippen LogP contribution in [0.3, 0.4) is 0 Å². The Labute approximate surface area is 95.7 Å². The topological polar surface area (TPSA) is 55.8 Å². The van der Waals surface area contributed by atoms with Crippen LogP contribution in [-0.2, 0) is 19.1 Å². The number of piperidine rings is 1. The molecule has 0 aromatic heterocycles. The predicted octanol–water partition coefficient (Wildman–Crippen LogP) is 0.229. The molecule has 0 radical (unpaired) electrons. The zero-order valence-electron chi connectivity index (χ0n) is 9.90. The monoisotopic (exact) mass is 229 g/mol. The summed E-state index contributed by atoms with van der Waals surface area (Å²) in [5.74, 6) is 0.188. The normalized spacial score (nSPS) is 18.6. The summed E-state index contributed by atoms with van der Waals surface area (Å²) in [7, 11) is 1.60. The molecule has 5 heteroatoms. The summed E-state index contributed by atoms with van der Waals surface area (Å²) in [6.07, 6.45) is 0.860. The molecule has 5 nitrogen and oxygen atoms in total. The first kappa shape index (κ1) is 13.1. The van der Waals surface area contributed by atoms with Crippen molar-refractivity contribution in [3.63, 3.8) is 0 Å². The van der Waals surface area contributed by atoms with Crippen molar-refractivity contribution >= 4 is 11.7 Å². The van der Waals surface area contributed by atoms with Gasteiger partial charge in [0, 0.05) is 33.0 Å². The lowest BCUT2D eigenvalue weighted by Gasteiger charge is -2.26. The van der Waals surface area contributed by atoms with E-state index in [0.717, 1.165) is 0 Å². The fourth-order valence-corrected chi connectivity index (χ4v) is 1.59. The summed E-state index contributed by atoms with van der Waals surface area (Å²) in [6.45, 7) is 3.46. The molecular weight excluding hydrogens is 210 g/mol. The second-order valence-electron chi connectivity index (χ2n) is 4.00. The van der Waals surface area contributed by atoms with E-state index in [1.54, 1.807) is 12.0 Å². The van der Waals surface area contributed by atoms with Gasteiger partial charge in [0.1, 0.15) is 12.4 Å². The number of ether oxygens (including phenoxy) is 2. The molecule has 1 rings (SSSR count). The third-order valence-electron chi connectivity index (χ3n) is 2.57. The minimum absolute atomic E-state index is 0.0459. The highest BCUT2D eigenvalue weighted by Crippen LogP contribution is 2.06. The molecule has 0 aromatic rings. The first-order chi connectivity index (χ1) is 7.63. The molecule has 0 N–H and O–H groups in total. The number of amides is 1. The van der Waals surface area contributed by atoms with Crippen molar-refractivity contribution in [3.8, 4) is 0 Å². The van der Waals surface area contributed by atoms with Gasteiger partial charge in [-0.15, -0.1) is 0 Å². The van der Waals surface area contributed by atoms with E-state index in [2.05, 4.69) is 0 Å². The molecule has 0 saturated carbocycles. The van der Waals surface area contributed by atoms with Gasteiger partial charge in [-0.3, -0.25) is 9.59 Å². The fourth-order valence-electron chi connectivity index (χ4n) is 1.59. The Hall–Kier alpha value is -0.940. The Bertz CT molecular complexity index is 244. The molecular formula is C11H19NO4. The molecule has 16 heavy (non-hydrogen) atoms. The van der Waals surface area contributed by atoms with Crippen LogP contribution in [0.4, 0.5) is 0 Å². The van der Waals surface area contributed by atoms with E-state index in [9.17, 15) is 9.59 Å². The van der Waals surface area contributed by atoms with E-state index >= 15 is 0 Å². The average molecular weight is 229 g/mol. The maximum atomic E-state index is 11.7. The third kappa shape index (κ3) is 4.28. The third-order valence-corrected chi connectivity index (χ3v) is 2.57. The van der Waals surface area contributed by atoms with Gasteiger partial charge in [-0.25, -0.2) is 0 Å². The molecule has 0 aromatic carbocycles. The van der Waals surface area contributed by atoms with Crippen molar-refractivity contribution in [2.75, 3.05) is 33.4 Å². The summed E-state index contributed by atoms with van der Waals surface area (Å²) in [6, 6.07) is 0. The van der Waals surface area contributed by atoms with Crippen LogP contribution in [0.5, 0.6) is 0 Å². The van der Waals surface area contributed by atoms with Gasteiger partial charge in [0.25, 0.3) is 0 Å². The Morgan fingerprint density at radius 1 is 1.44 bits per heavy atom.